The van der Waals surface area contributed by atoms with Crippen LogP contribution in [0.4, 0.5) is 0 Å². The van der Waals surface area contributed by atoms with Crippen LogP contribution in [-0.2, 0) is 11.3 Å². The van der Waals surface area contributed by atoms with Crippen molar-refractivity contribution in [2.45, 2.75) is 19.9 Å². The zero-order chi connectivity index (χ0) is 13.4. The topological polar surface area (TPSA) is 50.4 Å². The zero-order valence-corrected chi connectivity index (χ0v) is 12.3. The number of amides is 1. The van der Waals surface area contributed by atoms with Gasteiger partial charge in [0.05, 0.1) is 13.7 Å². The maximum Gasteiger partial charge on any atom is 0.233 e. The fourth-order valence-corrected chi connectivity index (χ4v) is 1.84. The first-order chi connectivity index (χ1) is 8.67. The number of rotatable bonds is 7. The first kappa shape index (κ1) is 15.0. The number of halogens is 1. The van der Waals surface area contributed by atoms with Crippen molar-refractivity contribution in [1.29, 1.82) is 0 Å². The van der Waals surface area contributed by atoms with Crippen LogP contribution < -0.4 is 15.4 Å². The molecule has 0 aliphatic rings. The zero-order valence-electron chi connectivity index (χ0n) is 10.8. The maximum absolute atomic E-state index is 11.4. The van der Waals surface area contributed by atoms with E-state index in [1.54, 1.807) is 7.11 Å². The van der Waals surface area contributed by atoms with Crippen molar-refractivity contribution >= 4 is 21.8 Å². The van der Waals surface area contributed by atoms with Gasteiger partial charge in [-0.1, -0.05) is 22.9 Å². The molecule has 0 unspecified atom stereocenters. The van der Waals surface area contributed by atoms with E-state index in [0.717, 1.165) is 28.8 Å². The number of benzene rings is 1. The van der Waals surface area contributed by atoms with Crippen LogP contribution in [0.1, 0.15) is 18.9 Å². The Kier molecular flexibility index (Phi) is 6.75. The second-order valence-corrected chi connectivity index (χ2v) is 4.77. The summed E-state index contributed by atoms with van der Waals surface area (Å²) in [6.07, 6.45) is 0.952. The van der Waals surface area contributed by atoms with E-state index in [4.69, 9.17) is 4.74 Å². The smallest absolute Gasteiger partial charge is 0.233 e. The van der Waals surface area contributed by atoms with Gasteiger partial charge in [-0.25, -0.2) is 0 Å². The van der Waals surface area contributed by atoms with Crippen LogP contribution in [0.15, 0.2) is 22.7 Å². The second kappa shape index (κ2) is 8.11. The third-order valence-corrected chi connectivity index (χ3v) is 3.20. The van der Waals surface area contributed by atoms with Crippen LogP contribution in [0, 0.1) is 0 Å². The van der Waals surface area contributed by atoms with Crippen molar-refractivity contribution in [2.24, 2.45) is 0 Å². The van der Waals surface area contributed by atoms with Crippen LogP contribution in [0.2, 0.25) is 0 Å². The summed E-state index contributed by atoms with van der Waals surface area (Å²) in [7, 11) is 1.64. The van der Waals surface area contributed by atoms with Crippen LogP contribution in [-0.4, -0.2) is 26.1 Å². The molecule has 0 saturated heterocycles. The molecule has 1 aromatic carbocycles. The molecule has 0 atom stereocenters. The van der Waals surface area contributed by atoms with E-state index in [9.17, 15) is 4.79 Å². The maximum atomic E-state index is 11.4. The fourth-order valence-electron chi connectivity index (χ4n) is 1.45. The normalized spacial score (nSPS) is 10.2. The van der Waals surface area contributed by atoms with E-state index in [2.05, 4.69) is 26.6 Å². The standard InChI is InChI=1S/C13H19BrN2O2/c1-3-6-16-13(17)9-15-8-10-7-11(18-2)4-5-12(10)14/h4-5,7,15H,3,6,8-9H2,1-2H3,(H,16,17). The van der Waals surface area contributed by atoms with Gasteiger partial charge in [-0.15, -0.1) is 0 Å². The molecule has 1 amide bonds. The Bertz CT molecular complexity index is 397. The Hall–Kier alpha value is -1.07. The summed E-state index contributed by atoms with van der Waals surface area (Å²) in [5, 5.41) is 5.92. The molecular formula is C13H19BrN2O2. The number of hydrogen-bond donors (Lipinski definition) is 2. The summed E-state index contributed by atoms with van der Waals surface area (Å²) in [5.41, 5.74) is 1.07. The number of carbonyl (C=O) groups excluding carboxylic acids is 1. The Balaban J connectivity index is 2.41. The van der Waals surface area contributed by atoms with E-state index in [1.807, 2.05) is 25.1 Å². The van der Waals surface area contributed by atoms with E-state index in [1.165, 1.54) is 0 Å². The molecule has 4 nitrogen and oxygen atoms in total. The van der Waals surface area contributed by atoms with Crippen molar-refractivity contribution in [2.75, 3.05) is 20.2 Å². The highest BCUT2D eigenvalue weighted by molar-refractivity contribution is 9.10. The molecule has 0 spiro atoms. The lowest BCUT2D eigenvalue weighted by molar-refractivity contribution is -0.120. The molecule has 18 heavy (non-hydrogen) atoms. The minimum Gasteiger partial charge on any atom is -0.497 e. The average Bonchev–Trinajstić information content (AvgIpc) is 2.38. The lowest BCUT2D eigenvalue weighted by Crippen LogP contribution is -2.33. The molecule has 0 aliphatic carbocycles. The summed E-state index contributed by atoms with van der Waals surface area (Å²) in [5.74, 6) is 0.835. The molecule has 0 aromatic heterocycles. The van der Waals surface area contributed by atoms with Crippen molar-refractivity contribution < 1.29 is 9.53 Å². The second-order valence-electron chi connectivity index (χ2n) is 3.91. The minimum atomic E-state index is 0.0240. The van der Waals surface area contributed by atoms with Crippen molar-refractivity contribution in [3.05, 3.63) is 28.2 Å². The number of ether oxygens (including phenoxy) is 1. The van der Waals surface area contributed by atoms with Crippen molar-refractivity contribution in [3.8, 4) is 5.75 Å². The molecule has 1 rings (SSSR count). The molecule has 0 aliphatic heterocycles. The molecule has 0 heterocycles. The monoisotopic (exact) mass is 314 g/mol. The van der Waals surface area contributed by atoms with Gasteiger partial charge in [0.2, 0.25) is 5.91 Å². The molecule has 1 aromatic rings. The Morgan fingerprint density at radius 1 is 1.44 bits per heavy atom. The largest absolute Gasteiger partial charge is 0.497 e. The van der Waals surface area contributed by atoms with Crippen LogP contribution >= 0.6 is 15.9 Å². The predicted molar refractivity (Wildman–Crippen MR) is 75.7 cm³/mol. The first-order valence-electron chi connectivity index (χ1n) is 5.97. The molecular weight excluding hydrogens is 296 g/mol. The molecule has 0 bridgehead atoms. The molecule has 2 N–H and O–H groups in total. The number of methoxy groups -OCH3 is 1. The Morgan fingerprint density at radius 2 is 2.22 bits per heavy atom. The van der Waals surface area contributed by atoms with Gasteiger partial charge in [0.1, 0.15) is 5.75 Å². The van der Waals surface area contributed by atoms with E-state index in [-0.39, 0.29) is 5.91 Å². The number of hydrogen-bond acceptors (Lipinski definition) is 3. The Labute approximate surface area is 116 Å². The highest BCUT2D eigenvalue weighted by Crippen LogP contribution is 2.22. The lowest BCUT2D eigenvalue weighted by atomic mass is 10.2. The molecule has 0 fully saturated rings. The summed E-state index contributed by atoms with van der Waals surface area (Å²) >= 11 is 3.47. The van der Waals surface area contributed by atoms with Crippen LogP contribution in [0.5, 0.6) is 5.75 Å². The summed E-state index contributed by atoms with van der Waals surface area (Å²) in [4.78, 5) is 11.4. The summed E-state index contributed by atoms with van der Waals surface area (Å²) < 4.78 is 6.17. The quantitative estimate of drug-likeness (QED) is 0.810. The molecule has 5 heteroatoms. The SMILES string of the molecule is CCCNC(=O)CNCc1cc(OC)ccc1Br. The Morgan fingerprint density at radius 3 is 2.89 bits per heavy atom. The molecule has 100 valence electrons. The fraction of sp³-hybridized carbons (Fsp3) is 0.462. The minimum absolute atomic E-state index is 0.0240. The van der Waals surface area contributed by atoms with Gasteiger partial charge in [-0.2, -0.15) is 0 Å². The number of carbonyl (C=O) groups is 1. The highest BCUT2D eigenvalue weighted by atomic mass is 79.9. The van der Waals surface area contributed by atoms with E-state index >= 15 is 0 Å². The van der Waals surface area contributed by atoms with Crippen LogP contribution in [0.3, 0.4) is 0 Å². The van der Waals surface area contributed by atoms with Crippen LogP contribution in [0.25, 0.3) is 0 Å². The predicted octanol–water partition coefficient (Wildman–Crippen LogP) is 2.07. The lowest BCUT2D eigenvalue weighted by Gasteiger charge is -2.09. The highest BCUT2D eigenvalue weighted by Gasteiger charge is 2.03. The summed E-state index contributed by atoms with van der Waals surface area (Å²) in [6.45, 7) is 3.70. The summed E-state index contributed by atoms with van der Waals surface area (Å²) in [6, 6.07) is 5.77. The molecule has 0 saturated carbocycles. The van der Waals surface area contributed by atoms with Gasteiger partial charge < -0.3 is 15.4 Å². The van der Waals surface area contributed by atoms with Crippen molar-refractivity contribution in [3.63, 3.8) is 0 Å². The van der Waals surface area contributed by atoms with Gasteiger partial charge in [0.15, 0.2) is 0 Å². The first-order valence-corrected chi connectivity index (χ1v) is 6.76. The van der Waals surface area contributed by atoms with Gasteiger partial charge in [0, 0.05) is 17.6 Å². The van der Waals surface area contributed by atoms with Gasteiger partial charge in [0.25, 0.3) is 0 Å². The van der Waals surface area contributed by atoms with Gasteiger partial charge in [-0.05, 0) is 30.2 Å². The molecule has 0 radical (unpaired) electrons. The van der Waals surface area contributed by atoms with Gasteiger partial charge >= 0.3 is 0 Å². The third kappa shape index (κ3) is 5.06. The van der Waals surface area contributed by atoms with Crippen molar-refractivity contribution in [1.82, 2.24) is 10.6 Å². The van der Waals surface area contributed by atoms with E-state index < -0.39 is 0 Å². The number of nitrogens with one attached hydrogen (secondary N) is 2. The van der Waals surface area contributed by atoms with Gasteiger partial charge in [-0.3, -0.25) is 4.79 Å². The van der Waals surface area contributed by atoms with E-state index in [0.29, 0.717) is 13.1 Å². The third-order valence-electron chi connectivity index (χ3n) is 2.43. The average molecular weight is 315 g/mol.